The fraction of sp³-hybridized carbons (Fsp3) is 0.538. The van der Waals surface area contributed by atoms with Gasteiger partial charge in [0.15, 0.2) is 0 Å². The molecule has 2 aromatic heterocycles. The summed E-state index contributed by atoms with van der Waals surface area (Å²) < 4.78 is 0. The highest BCUT2D eigenvalue weighted by molar-refractivity contribution is 7.16. The van der Waals surface area contributed by atoms with Crippen molar-refractivity contribution in [3.05, 3.63) is 11.4 Å². The lowest BCUT2D eigenvalue weighted by Gasteiger charge is -2.26. The van der Waals surface area contributed by atoms with Crippen LogP contribution in [0.5, 0.6) is 0 Å². The molecule has 1 aliphatic carbocycles. The van der Waals surface area contributed by atoms with Gasteiger partial charge in [-0.3, -0.25) is 5.43 Å². The molecule has 1 saturated carbocycles. The molecule has 0 amide bonds. The summed E-state index contributed by atoms with van der Waals surface area (Å²) >= 11 is 1.57. The summed E-state index contributed by atoms with van der Waals surface area (Å²) in [6.45, 7) is 0.822. The lowest BCUT2D eigenvalue weighted by molar-refractivity contribution is 0.104. The van der Waals surface area contributed by atoms with Crippen molar-refractivity contribution < 1.29 is 5.11 Å². The molecule has 1 fully saturated rings. The Labute approximate surface area is 121 Å². The third kappa shape index (κ3) is 2.84. The molecule has 6 nitrogen and oxygen atoms in total. The number of aromatic nitrogens is 2. The Morgan fingerprint density at radius 3 is 3.10 bits per heavy atom. The molecule has 0 bridgehead atoms. The second kappa shape index (κ2) is 5.90. The summed E-state index contributed by atoms with van der Waals surface area (Å²) in [4.78, 5) is 9.61. The predicted octanol–water partition coefficient (Wildman–Crippen LogP) is 1.94. The minimum absolute atomic E-state index is 0.150. The van der Waals surface area contributed by atoms with Crippen molar-refractivity contribution in [2.45, 2.75) is 31.8 Å². The number of hydrogen-bond acceptors (Lipinski definition) is 7. The molecular weight excluding hydrogens is 274 g/mol. The SMILES string of the molecule is NNc1nc(NCC2CCCC(O)C2)c2ccsc2n1. The Bertz CT molecular complexity index is 587. The van der Waals surface area contributed by atoms with E-state index in [0.717, 1.165) is 48.3 Å². The fourth-order valence-corrected chi connectivity index (χ4v) is 3.51. The summed E-state index contributed by atoms with van der Waals surface area (Å²) in [5.41, 5.74) is 2.50. The molecule has 0 saturated heterocycles. The smallest absolute Gasteiger partial charge is 0.240 e. The fourth-order valence-electron chi connectivity index (χ4n) is 2.74. The van der Waals surface area contributed by atoms with Crippen LogP contribution in [0.3, 0.4) is 0 Å². The molecule has 0 radical (unpaired) electrons. The highest BCUT2D eigenvalue weighted by atomic mass is 32.1. The molecule has 3 rings (SSSR count). The third-order valence-corrected chi connectivity index (χ3v) is 4.57. The number of fused-ring (bicyclic) bond motifs is 1. The Morgan fingerprint density at radius 2 is 2.30 bits per heavy atom. The molecule has 0 aliphatic heterocycles. The van der Waals surface area contributed by atoms with Crippen LogP contribution >= 0.6 is 11.3 Å². The monoisotopic (exact) mass is 293 g/mol. The zero-order valence-electron chi connectivity index (χ0n) is 11.2. The van der Waals surface area contributed by atoms with E-state index in [9.17, 15) is 5.11 Å². The number of nitrogen functional groups attached to an aromatic ring is 1. The molecule has 0 aromatic carbocycles. The first-order valence-corrected chi connectivity index (χ1v) is 7.78. The number of nitrogens with zero attached hydrogens (tertiary/aromatic N) is 2. The minimum Gasteiger partial charge on any atom is -0.393 e. The number of hydrogen-bond donors (Lipinski definition) is 4. The minimum atomic E-state index is -0.150. The van der Waals surface area contributed by atoms with Crippen molar-refractivity contribution in [2.75, 3.05) is 17.3 Å². The van der Waals surface area contributed by atoms with Gasteiger partial charge in [-0.2, -0.15) is 4.98 Å². The maximum absolute atomic E-state index is 9.72. The van der Waals surface area contributed by atoms with Gasteiger partial charge in [-0.1, -0.05) is 6.42 Å². The van der Waals surface area contributed by atoms with E-state index in [1.165, 1.54) is 0 Å². The first-order chi connectivity index (χ1) is 9.76. The first-order valence-electron chi connectivity index (χ1n) is 6.90. The van der Waals surface area contributed by atoms with Crippen LogP contribution in [0.4, 0.5) is 11.8 Å². The topological polar surface area (TPSA) is 96.1 Å². The number of thiophene rings is 1. The Balaban J connectivity index is 1.74. The maximum atomic E-state index is 9.72. The highest BCUT2D eigenvalue weighted by Crippen LogP contribution is 2.28. The van der Waals surface area contributed by atoms with E-state index in [4.69, 9.17) is 5.84 Å². The van der Waals surface area contributed by atoms with Crippen molar-refractivity contribution in [3.63, 3.8) is 0 Å². The van der Waals surface area contributed by atoms with Gasteiger partial charge in [0, 0.05) is 6.54 Å². The number of hydrazine groups is 1. The lowest BCUT2D eigenvalue weighted by atomic mass is 9.87. The molecule has 2 heterocycles. The normalized spacial score (nSPS) is 22.9. The maximum Gasteiger partial charge on any atom is 0.240 e. The van der Waals surface area contributed by atoms with Crippen LogP contribution in [0.15, 0.2) is 11.4 Å². The molecule has 5 N–H and O–H groups in total. The van der Waals surface area contributed by atoms with E-state index in [1.807, 2.05) is 11.4 Å². The van der Waals surface area contributed by atoms with E-state index < -0.39 is 0 Å². The molecular formula is C13H19N5OS. The molecule has 2 unspecified atom stereocenters. The Hall–Kier alpha value is -1.44. The van der Waals surface area contributed by atoms with Gasteiger partial charge in [-0.25, -0.2) is 10.8 Å². The molecule has 0 spiro atoms. The Morgan fingerprint density at radius 1 is 1.40 bits per heavy atom. The second-order valence-corrected chi connectivity index (χ2v) is 6.14. The van der Waals surface area contributed by atoms with Crippen LogP contribution in [0.2, 0.25) is 0 Å². The second-order valence-electron chi connectivity index (χ2n) is 5.25. The average Bonchev–Trinajstić information content (AvgIpc) is 2.93. The van der Waals surface area contributed by atoms with Gasteiger partial charge in [0.2, 0.25) is 5.95 Å². The van der Waals surface area contributed by atoms with Crippen LogP contribution < -0.4 is 16.6 Å². The summed E-state index contributed by atoms with van der Waals surface area (Å²) in [5, 5.41) is 16.1. The molecule has 2 atom stereocenters. The van der Waals surface area contributed by atoms with Crippen molar-refractivity contribution in [2.24, 2.45) is 11.8 Å². The average molecular weight is 293 g/mol. The number of rotatable bonds is 4. The van der Waals surface area contributed by atoms with Crippen molar-refractivity contribution in [1.82, 2.24) is 9.97 Å². The highest BCUT2D eigenvalue weighted by Gasteiger charge is 2.20. The van der Waals surface area contributed by atoms with E-state index in [0.29, 0.717) is 11.9 Å². The van der Waals surface area contributed by atoms with Gasteiger partial charge in [0.05, 0.1) is 11.5 Å². The number of aliphatic hydroxyl groups is 1. The molecule has 1 aliphatic rings. The number of nitrogens with one attached hydrogen (secondary N) is 2. The number of aliphatic hydroxyl groups excluding tert-OH is 1. The van der Waals surface area contributed by atoms with E-state index in [-0.39, 0.29) is 6.10 Å². The van der Waals surface area contributed by atoms with Gasteiger partial charge < -0.3 is 10.4 Å². The molecule has 2 aromatic rings. The van der Waals surface area contributed by atoms with Gasteiger partial charge in [-0.15, -0.1) is 11.3 Å². The Kier molecular flexibility index (Phi) is 4.00. The van der Waals surface area contributed by atoms with E-state index in [1.54, 1.807) is 11.3 Å². The first kappa shape index (κ1) is 13.5. The lowest BCUT2D eigenvalue weighted by Crippen LogP contribution is -2.25. The van der Waals surface area contributed by atoms with E-state index in [2.05, 4.69) is 20.7 Å². The third-order valence-electron chi connectivity index (χ3n) is 3.77. The summed E-state index contributed by atoms with van der Waals surface area (Å²) in [5.74, 6) is 7.13. The zero-order valence-corrected chi connectivity index (χ0v) is 12.0. The van der Waals surface area contributed by atoms with Crippen molar-refractivity contribution >= 4 is 33.3 Å². The van der Waals surface area contributed by atoms with Gasteiger partial charge in [0.25, 0.3) is 0 Å². The number of anilines is 2. The van der Waals surface area contributed by atoms with Crippen LogP contribution in [-0.4, -0.2) is 27.7 Å². The standard InChI is InChI=1S/C13H19N5OS/c14-18-13-16-11(10-4-5-20-12(10)17-13)15-7-8-2-1-3-9(19)6-8/h4-5,8-9,19H,1-3,6-7,14H2,(H2,15,16,17,18). The van der Waals surface area contributed by atoms with Gasteiger partial charge in [-0.05, 0) is 36.6 Å². The predicted molar refractivity (Wildman–Crippen MR) is 81.7 cm³/mol. The quantitative estimate of drug-likeness (QED) is 0.508. The summed E-state index contributed by atoms with van der Waals surface area (Å²) in [6.07, 6.45) is 3.90. The molecule has 20 heavy (non-hydrogen) atoms. The van der Waals surface area contributed by atoms with Gasteiger partial charge >= 0.3 is 0 Å². The van der Waals surface area contributed by atoms with Crippen molar-refractivity contribution in [1.29, 1.82) is 0 Å². The number of nitrogens with two attached hydrogens (primary N) is 1. The zero-order chi connectivity index (χ0) is 13.9. The van der Waals surface area contributed by atoms with Crippen LogP contribution in [0.25, 0.3) is 10.2 Å². The van der Waals surface area contributed by atoms with E-state index >= 15 is 0 Å². The summed E-state index contributed by atoms with van der Waals surface area (Å²) in [7, 11) is 0. The largest absolute Gasteiger partial charge is 0.393 e. The van der Waals surface area contributed by atoms with Crippen LogP contribution in [-0.2, 0) is 0 Å². The molecule has 7 heteroatoms. The van der Waals surface area contributed by atoms with Crippen molar-refractivity contribution in [3.8, 4) is 0 Å². The van der Waals surface area contributed by atoms with Crippen LogP contribution in [0.1, 0.15) is 25.7 Å². The summed E-state index contributed by atoms with van der Waals surface area (Å²) in [6, 6.07) is 2.01. The molecule has 108 valence electrons. The van der Waals surface area contributed by atoms with Crippen LogP contribution in [0, 0.1) is 5.92 Å². The van der Waals surface area contributed by atoms with Gasteiger partial charge in [0.1, 0.15) is 10.6 Å².